The molecule has 2 fully saturated rings. The van der Waals surface area contributed by atoms with Crippen molar-refractivity contribution >= 4 is 68.8 Å². The minimum atomic E-state index is -4.39. The van der Waals surface area contributed by atoms with Crippen LogP contribution in [0, 0.1) is 5.41 Å². The third-order valence-electron chi connectivity index (χ3n) is 5.93. The smallest absolute Gasteiger partial charge is 0.316 e. The van der Waals surface area contributed by atoms with E-state index in [0.717, 1.165) is 11.8 Å². The van der Waals surface area contributed by atoms with Crippen LogP contribution in [0.15, 0.2) is 33.9 Å². The molecule has 2 saturated heterocycles. The van der Waals surface area contributed by atoms with Crippen molar-refractivity contribution in [2.75, 3.05) is 34.8 Å². The summed E-state index contributed by atoms with van der Waals surface area (Å²) < 4.78 is 36.1. The Hall–Kier alpha value is -3.39. The van der Waals surface area contributed by atoms with E-state index in [4.69, 9.17) is 20.4 Å². The molecule has 0 aliphatic carbocycles. The first-order chi connectivity index (χ1) is 18.3. The zero-order chi connectivity index (χ0) is 28.5. The van der Waals surface area contributed by atoms with Crippen molar-refractivity contribution in [2.45, 2.75) is 22.4 Å². The van der Waals surface area contributed by atoms with E-state index >= 15 is 0 Å². The third kappa shape index (κ3) is 6.11. The van der Waals surface area contributed by atoms with E-state index in [1.54, 1.807) is 0 Å². The molecule has 39 heavy (non-hydrogen) atoms. The molecular weight excluding hydrogens is 578 g/mol. The van der Waals surface area contributed by atoms with Crippen LogP contribution in [0.3, 0.4) is 0 Å². The summed E-state index contributed by atoms with van der Waals surface area (Å²) >= 11 is 2.07. The minimum absolute atomic E-state index is 0.0796. The lowest BCUT2D eigenvalue weighted by atomic mass is 9.89. The van der Waals surface area contributed by atoms with Gasteiger partial charge in [-0.05, 0) is 24.3 Å². The number of urea groups is 1. The van der Waals surface area contributed by atoms with Gasteiger partial charge < -0.3 is 31.2 Å². The van der Waals surface area contributed by atoms with Crippen LogP contribution in [-0.4, -0.2) is 93.0 Å². The van der Waals surface area contributed by atoms with Gasteiger partial charge >= 0.3 is 12.0 Å². The van der Waals surface area contributed by atoms with Crippen LogP contribution in [0.4, 0.5) is 16.2 Å². The number of anilines is 2. The molecule has 210 valence electrons. The molecule has 2 unspecified atom stereocenters. The Bertz CT molecular complexity index is 1400. The van der Waals surface area contributed by atoms with Gasteiger partial charge in [0.05, 0.1) is 6.54 Å². The number of carbonyl (C=O) groups is 4. The van der Waals surface area contributed by atoms with Crippen LogP contribution in [0.5, 0.6) is 0 Å². The lowest BCUT2D eigenvalue weighted by molar-refractivity contribution is -0.156. The molecule has 3 heterocycles. The van der Waals surface area contributed by atoms with Gasteiger partial charge in [-0.25, -0.2) is 4.79 Å². The number of carbonyl (C=O) groups excluding carboxylic acids is 3. The Morgan fingerprint density at radius 1 is 1.28 bits per heavy atom. The molecule has 0 bridgehead atoms. The summed E-state index contributed by atoms with van der Waals surface area (Å²) in [6.45, 7) is -0.525. The molecule has 4 amide bonds. The predicted octanol–water partition coefficient (Wildman–Crippen LogP) is -0.613. The van der Waals surface area contributed by atoms with Crippen molar-refractivity contribution in [3.63, 3.8) is 0 Å². The first-order valence-corrected chi connectivity index (χ1v) is 14.7. The van der Waals surface area contributed by atoms with Gasteiger partial charge in [0.1, 0.15) is 16.8 Å². The van der Waals surface area contributed by atoms with Gasteiger partial charge in [-0.2, -0.15) is 8.42 Å². The molecule has 3 atom stereocenters. The number of hydrogen-bond acceptors (Lipinski definition) is 12. The first-order valence-electron chi connectivity index (χ1n) is 11.1. The van der Waals surface area contributed by atoms with Crippen molar-refractivity contribution in [1.82, 2.24) is 15.1 Å². The number of aliphatic carboxylic acids is 1. The van der Waals surface area contributed by atoms with Crippen molar-refractivity contribution in [1.29, 1.82) is 0 Å². The molecule has 2 aliphatic rings. The van der Waals surface area contributed by atoms with Crippen LogP contribution in [-0.2, 0) is 30.3 Å². The fourth-order valence-electron chi connectivity index (χ4n) is 4.10. The number of aromatic nitrogens is 2. The molecule has 2 aliphatic heterocycles. The molecule has 1 aromatic heterocycles. The standard InChI is InChI=1S/C20H23N7O9S3/c21-5-13(28)27(11-3-1-10(2-4-11)23-18(22)32)14-15(29)26-7-20(17(30)31,8-37-16(14)26)9-38-19-25-24-12(36-19)6-39(33,34)35/h1-4,14,16H,5-9,21H2,(H,30,31)(H3,22,23,32)(H,33,34,35)/t14?,16-,20?/m1/s1. The third-order valence-corrected chi connectivity index (χ3v) is 9.22. The molecule has 4 rings (SSSR count). The van der Waals surface area contributed by atoms with Crippen molar-refractivity contribution in [2.24, 2.45) is 16.9 Å². The van der Waals surface area contributed by atoms with Gasteiger partial charge in [-0.3, -0.25) is 23.8 Å². The SMILES string of the molecule is NCC(=O)N(c1ccc(NC(N)=O)cc1)C1C(=O)N2CC(CSc3nnc(CS(=O)(=O)O)o3)(C(=O)O)CS[C@H]12. The molecule has 7 N–H and O–H groups in total. The van der Waals surface area contributed by atoms with Crippen molar-refractivity contribution in [3.8, 4) is 0 Å². The number of nitrogens with two attached hydrogens (primary N) is 2. The number of thioether (sulfide) groups is 2. The summed E-state index contributed by atoms with van der Waals surface area (Å²) in [6, 6.07) is 4.40. The Morgan fingerprint density at radius 2 is 1.97 bits per heavy atom. The molecule has 0 radical (unpaired) electrons. The first kappa shape index (κ1) is 28.6. The van der Waals surface area contributed by atoms with E-state index in [-0.39, 0.29) is 35.7 Å². The summed E-state index contributed by atoms with van der Waals surface area (Å²) in [5, 5.41) is 19.0. The average molecular weight is 602 g/mol. The highest BCUT2D eigenvalue weighted by molar-refractivity contribution is 8.00. The van der Waals surface area contributed by atoms with Crippen molar-refractivity contribution < 1.29 is 41.7 Å². The maximum Gasteiger partial charge on any atom is 0.316 e. The monoisotopic (exact) mass is 601 g/mol. The van der Waals surface area contributed by atoms with Gasteiger partial charge in [0.25, 0.3) is 15.3 Å². The number of primary amides is 1. The lowest BCUT2D eigenvalue weighted by Gasteiger charge is -2.56. The second-order valence-corrected chi connectivity index (χ2v) is 12.2. The van der Waals surface area contributed by atoms with E-state index in [1.807, 2.05) is 0 Å². The number of rotatable bonds is 10. The molecular formula is C20H23N7O9S3. The van der Waals surface area contributed by atoms with E-state index < -0.39 is 56.5 Å². The zero-order valence-corrected chi connectivity index (χ0v) is 22.4. The minimum Gasteiger partial charge on any atom is -0.481 e. The molecule has 2 aromatic rings. The van der Waals surface area contributed by atoms with E-state index in [9.17, 15) is 32.7 Å². The maximum absolute atomic E-state index is 13.2. The summed E-state index contributed by atoms with van der Waals surface area (Å²) in [7, 11) is -4.39. The Labute approximate surface area is 229 Å². The Balaban J connectivity index is 1.48. The van der Waals surface area contributed by atoms with Crippen LogP contribution >= 0.6 is 23.5 Å². The summed E-state index contributed by atoms with van der Waals surface area (Å²) in [6.07, 6.45) is 0. The number of β-lactam (4-membered cyclic amide) rings is 1. The molecule has 16 nitrogen and oxygen atoms in total. The maximum atomic E-state index is 13.2. The number of fused-ring (bicyclic) bond motifs is 1. The van der Waals surface area contributed by atoms with Gasteiger partial charge in [-0.15, -0.1) is 22.0 Å². The zero-order valence-electron chi connectivity index (χ0n) is 19.9. The fraction of sp³-hybridized carbons (Fsp3) is 0.400. The highest BCUT2D eigenvalue weighted by atomic mass is 32.2. The van der Waals surface area contributed by atoms with E-state index in [0.29, 0.717) is 11.4 Å². The highest BCUT2D eigenvalue weighted by Crippen LogP contribution is 2.46. The molecule has 19 heteroatoms. The number of carboxylic acid groups (broad SMARTS) is 1. The number of carboxylic acids is 1. The van der Waals surface area contributed by atoms with Crippen LogP contribution < -0.4 is 21.7 Å². The lowest BCUT2D eigenvalue weighted by Crippen LogP contribution is -2.75. The largest absolute Gasteiger partial charge is 0.481 e. The fourth-order valence-corrected chi connectivity index (χ4v) is 7.22. The summed E-state index contributed by atoms with van der Waals surface area (Å²) in [4.78, 5) is 52.0. The predicted molar refractivity (Wildman–Crippen MR) is 138 cm³/mol. The molecule has 0 spiro atoms. The van der Waals surface area contributed by atoms with Gasteiger partial charge in [0, 0.05) is 29.4 Å². The number of benzene rings is 1. The van der Waals surface area contributed by atoms with E-state index in [1.165, 1.54) is 45.8 Å². The second kappa shape index (κ2) is 11.0. The molecule has 1 aromatic carbocycles. The number of amides is 4. The second-order valence-electron chi connectivity index (χ2n) is 8.68. The Kier molecular flexibility index (Phi) is 8.07. The Morgan fingerprint density at radius 3 is 2.56 bits per heavy atom. The number of hydrogen-bond donors (Lipinski definition) is 5. The van der Waals surface area contributed by atoms with Crippen LogP contribution in [0.2, 0.25) is 0 Å². The highest BCUT2D eigenvalue weighted by Gasteiger charge is 2.59. The van der Waals surface area contributed by atoms with Crippen molar-refractivity contribution in [3.05, 3.63) is 30.2 Å². The van der Waals surface area contributed by atoms with Gasteiger partial charge in [-0.1, -0.05) is 11.8 Å². The quantitative estimate of drug-likeness (QED) is 0.129. The van der Waals surface area contributed by atoms with Gasteiger partial charge in [0.15, 0.2) is 5.75 Å². The van der Waals surface area contributed by atoms with Crippen LogP contribution in [0.1, 0.15) is 5.89 Å². The summed E-state index contributed by atoms with van der Waals surface area (Å²) in [5.74, 6) is -3.38. The normalized spacial score (nSPS) is 22.5. The average Bonchev–Trinajstić information content (AvgIpc) is 3.31. The van der Waals surface area contributed by atoms with Crippen LogP contribution in [0.25, 0.3) is 0 Å². The van der Waals surface area contributed by atoms with Gasteiger partial charge in [0.2, 0.25) is 17.7 Å². The topological polar surface area (TPSA) is 252 Å². The number of nitrogens with zero attached hydrogens (tertiary/aromatic N) is 4. The summed E-state index contributed by atoms with van der Waals surface area (Å²) in [5.41, 5.74) is 10.1. The van der Waals surface area contributed by atoms with E-state index in [2.05, 4.69) is 15.5 Å². The number of nitrogens with one attached hydrogen (secondary N) is 1. The molecule has 0 saturated carbocycles.